The van der Waals surface area contributed by atoms with E-state index in [4.69, 9.17) is 16.1 Å². The number of sulfone groups is 1. The van der Waals surface area contributed by atoms with Gasteiger partial charge in [0, 0.05) is 11.4 Å². The third-order valence-corrected chi connectivity index (χ3v) is 5.36. The summed E-state index contributed by atoms with van der Waals surface area (Å²) in [6, 6.07) is 7.42. The summed E-state index contributed by atoms with van der Waals surface area (Å²) < 4.78 is 28.1. The van der Waals surface area contributed by atoms with Crippen LogP contribution in [-0.2, 0) is 16.3 Å². The van der Waals surface area contributed by atoms with Crippen LogP contribution in [0.1, 0.15) is 29.6 Å². The summed E-state index contributed by atoms with van der Waals surface area (Å²) in [6.07, 6.45) is 1.10. The van der Waals surface area contributed by atoms with Crippen molar-refractivity contribution < 1.29 is 12.9 Å². The summed E-state index contributed by atoms with van der Waals surface area (Å²) in [7, 11) is -2.94. The molecule has 1 atom stereocenters. The van der Waals surface area contributed by atoms with Gasteiger partial charge in [-0.1, -0.05) is 28.9 Å². The Morgan fingerprint density at radius 2 is 2.05 bits per heavy atom. The number of rotatable bonds is 3. The highest BCUT2D eigenvalue weighted by molar-refractivity contribution is 7.91. The Morgan fingerprint density at radius 3 is 2.70 bits per heavy atom. The second-order valence-corrected chi connectivity index (χ2v) is 7.62. The summed E-state index contributed by atoms with van der Waals surface area (Å²) in [6.45, 7) is 0. The molecule has 7 heteroatoms. The summed E-state index contributed by atoms with van der Waals surface area (Å²) in [5.74, 6) is 1.13. The number of benzene rings is 1. The molecule has 1 aromatic carbocycles. The van der Waals surface area contributed by atoms with E-state index in [0.29, 0.717) is 29.6 Å². The zero-order chi connectivity index (χ0) is 14.2. The molecule has 0 N–H and O–H groups in total. The Hall–Kier alpha value is -1.40. The molecule has 1 aliphatic heterocycles. The minimum atomic E-state index is -2.94. The lowest BCUT2D eigenvalue weighted by molar-refractivity contribution is 0.357. The molecular weight excluding hydrogens is 300 g/mol. The molecule has 2 aromatic rings. The standard InChI is InChI=1S/C13H13ClN2O3S/c14-11-3-1-9(2-4-11)7-12-15-13(19-16-12)10-5-6-20(17,18)8-10/h1-4,10H,5-8H2/t10-/m1/s1. The fraction of sp³-hybridized carbons (Fsp3) is 0.385. The Labute approximate surface area is 121 Å². The monoisotopic (exact) mass is 312 g/mol. The minimum absolute atomic E-state index is 0.107. The molecule has 1 fully saturated rings. The van der Waals surface area contributed by atoms with Gasteiger partial charge in [-0.3, -0.25) is 0 Å². The average Bonchev–Trinajstić information content (AvgIpc) is 2.99. The highest BCUT2D eigenvalue weighted by atomic mass is 35.5. The van der Waals surface area contributed by atoms with Crippen molar-refractivity contribution in [1.82, 2.24) is 10.1 Å². The first kappa shape index (κ1) is 13.6. The molecule has 3 rings (SSSR count). The number of hydrogen-bond donors (Lipinski definition) is 0. The zero-order valence-electron chi connectivity index (χ0n) is 10.6. The van der Waals surface area contributed by atoms with Gasteiger partial charge in [-0.05, 0) is 24.1 Å². The smallest absolute Gasteiger partial charge is 0.230 e. The van der Waals surface area contributed by atoms with Crippen LogP contribution in [0.15, 0.2) is 28.8 Å². The quantitative estimate of drug-likeness (QED) is 0.869. The van der Waals surface area contributed by atoms with Crippen molar-refractivity contribution in [1.29, 1.82) is 0 Å². The summed E-state index contributed by atoms with van der Waals surface area (Å²) in [4.78, 5) is 4.30. The number of aromatic nitrogens is 2. The molecule has 0 spiro atoms. The van der Waals surface area contributed by atoms with Gasteiger partial charge in [0.15, 0.2) is 15.7 Å². The summed E-state index contributed by atoms with van der Waals surface area (Å²) >= 11 is 5.82. The topological polar surface area (TPSA) is 73.1 Å². The fourth-order valence-electron chi connectivity index (χ4n) is 2.28. The zero-order valence-corrected chi connectivity index (χ0v) is 12.2. The third-order valence-electron chi connectivity index (χ3n) is 3.34. The van der Waals surface area contributed by atoms with E-state index in [1.807, 2.05) is 12.1 Å². The van der Waals surface area contributed by atoms with Crippen LogP contribution in [0.3, 0.4) is 0 Å². The number of nitrogens with zero attached hydrogens (tertiary/aromatic N) is 2. The summed E-state index contributed by atoms with van der Waals surface area (Å²) in [5, 5.41) is 4.59. The fourth-order valence-corrected chi connectivity index (χ4v) is 4.14. The second kappa shape index (κ2) is 5.18. The van der Waals surface area contributed by atoms with Gasteiger partial charge in [0.05, 0.1) is 17.4 Å². The van der Waals surface area contributed by atoms with Crippen molar-refractivity contribution in [2.45, 2.75) is 18.8 Å². The predicted octanol–water partition coefficient (Wildman–Crippen LogP) is 2.22. The van der Waals surface area contributed by atoms with Crippen molar-refractivity contribution in [3.63, 3.8) is 0 Å². The molecule has 0 radical (unpaired) electrons. The van der Waals surface area contributed by atoms with Crippen LogP contribution >= 0.6 is 11.6 Å². The van der Waals surface area contributed by atoms with E-state index in [0.717, 1.165) is 5.56 Å². The average molecular weight is 313 g/mol. The van der Waals surface area contributed by atoms with Crippen LogP contribution in [0.25, 0.3) is 0 Å². The van der Waals surface area contributed by atoms with Crippen LogP contribution in [0, 0.1) is 0 Å². The van der Waals surface area contributed by atoms with Crippen molar-refractivity contribution in [2.24, 2.45) is 0 Å². The molecule has 20 heavy (non-hydrogen) atoms. The Morgan fingerprint density at radius 1 is 1.30 bits per heavy atom. The van der Waals surface area contributed by atoms with E-state index < -0.39 is 9.84 Å². The lowest BCUT2D eigenvalue weighted by Crippen LogP contribution is -2.04. The largest absolute Gasteiger partial charge is 0.339 e. The van der Waals surface area contributed by atoms with E-state index in [9.17, 15) is 8.42 Å². The molecule has 106 valence electrons. The third kappa shape index (κ3) is 3.02. The minimum Gasteiger partial charge on any atom is -0.339 e. The molecule has 0 amide bonds. The highest BCUT2D eigenvalue weighted by Gasteiger charge is 2.32. The number of halogens is 1. The van der Waals surface area contributed by atoms with Crippen molar-refractivity contribution in [2.75, 3.05) is 11.5 Å². The van der Waals surface area contributed by atoms with E-state index in [1.54, 1.807) is 12.1 Å². The molecule has 1 aliphatic rings. The van der Waals surface area contributed by atoms with Gasteiger partial charge < -0.3 is 4.52 Å². The Bertz CT molecular complexity index is 709. The van der Waals surface area contributed by atoms with Crippen LogP contribution in [-0.4, -0.2) is 30.1 Å². The Balaban J connectivity index is 1.72. The maximum absolute atomic E-state index is 11.4. The van der Waals surface area contributed by atoms with Crippen molar-refractivity contribution in [3.8, 4) is 0 Å². The molecule has 2 heterocycles. The molecule has 1 aromatic heterocycles. The lowest BCUT2D eigenvalue weighted by Gasteiger charge is -1.98. The summed E-state index contributed by atoms with van der Waals surface area (Å²) in [5.41, 5.74) is 1.03. The van der Waals surface area contributed by atoms with Gasteiger partial charge in [-0.25, -0.2) is 8.42 Å². The highest BCUT2D eigenvalue weighted by Crippen LogP contribution is 2.27. The van der Waals surface area contributed by atoms with Crippen molar-refractivity contribution >= 4 is 21.4 Å². The van der Waals surface area contributed by atoms with Crippen LogP contribution in [0.5, 0.6) is 0 Å². The van der Waals surface area contributed by atoms with Crippen molar-refractivity contribution in [3.05, 3.63) is 46.6 Å². The second-order valence-electron chi connectivity index (χ2n) is 4.95. The first-order valence-electron chi connectivity index (χ1n) is 6.29. The molecule has 0 unspecified atom stereocenters. The van der Waals surface area contributed by atoms with Gasteiger partial charge in [-0.2, -0.15) is 4.98 Å². The molecule has 0 aliphatic carbocycles. The Kier molecular flexibility index (Phi) is 3.52. The van der Waals surface area contributed by atoms with Crippen LogP contribution in [0.2, 0.25) is 5.02 Å². The maximum Gasteiger partial charge on any atom is 0.230 e. The molecular formula is C13H13ClN2O3S. The molecule has 5 nitrogen and oxygen atoms in total. The SMILES string of the molecule is O=S1(=O)CC[C@@H](c2nc(Cc3ccc(Cl)cc3)no2)C1. The molecule has 1 saturated heterocycles. The van der Waals surface area contributed by atoms with Gasteiger partial charge in [0.1, 0.15) is 0 Å². The van der Waals surface area contributed by atoms with E-state index in [-0.39, 0.29) is 17.4 Å². The lowest BCUT2D eigenvalue weighted by atomic mass is 10.1. The van der Waals surface area contributed by atoms with E-state index in [2.05, 4.69) is 10.1 Å². The van der Waals surface area contributed by atoms with Gasteiger partial charge in [0.25, 0.3) is 0 Å². The van der Waals surface area contributed by atoms with Gasteiger partial charge in [-0.15, -0.1) is 0 Å². The normalized spacial score (nSPS) is 21.1. The maximum atomic E-state index is 11.4. The van der Waals surface area contributed by atoms with E-state index >= 15 is 0 Å². The molecule has 0 bridgehead atoms. The first-order chi connectivity index (χ1) is 9.52. The van der Waals surface area contributed by atoms with E-state index in [1.165, 1.54) is 0 Å². The number of hydrogen-bond acceptors (Lipinski definition) is 5. The van der Waals surface area contributed by atoms with Gasteiger partial charge in [0.2, 0.25) is 5.89 Å². The van der Waals surface area contributed by atoms with Gasteiger partial charge >= 0.3 is 0 Å². The predicted molar refractivity (Wildman–Crippen MR) is 74.6 cm³/mol. The molecule has 0 saturated carbocycles. The van der Waals surface area contributed by atoms with Crippen LogP contribution in [0.4, 0.5) is 0 Å². The van der Waals surface area contributed by atoms with Crippen LogP contribution < -0.4 is 0 Å². The first-order valence-corrected chi connectivity index (χ1v) is 8.49.